The molecule has 0 saturated carbocycles. The maximum Gasteiger partial charge on any atom is 0.455 e. The zero-order valence-electron chi connectivity index (χ0n) is 8.40. The van der Waals surface area contributed by atoms with Crippen molar-refractivity contribution in [2.75, 3.05) is 0 Å². The molecule has 0 unspecified atom stereocenters. The number of rotatable bonds is 0. The van der Waals surface area contributed by atoms with E-state index in [0.29, 0.717) is 0 Å². The molecule has 1 aromatic carbocycles. The third-order valence-electron chi connectivity index (χ3n) is 2.45. The van der Waals surface area contributed by atoms with E-state index < -0.39 is 18.4 Å². The van der Waals surface area contributed by atoms with E-state index >= 15 is 0 Å². The first-order valence-corrected chi connectivity index (χ1v) is 4.66. The first-order valence-electron chi connectivity index (χ1n) is 4.66. The molecule has 0 aromatic heterocycles. The Morgan fingerprint density at radius 1 is 1.29 bits per heavy atom. The molecule has 2 N–H and O–H groups in total. The largest absolute Gasteiger partial charge is 0.455 e. The molecule has 1 atom stereocenters. The van der Waals surface area contributed by atoms with Gasteiger partial charge in [0.1, 0.15) is 5.75 Å². The molecule has 17 heavy (non-hydrogen) atoms. The summed E-state index contributed by atoms with van der Waals surface area (Å²) in [5.41, 5.74) is -0.0457. The minimum atomic E-state index is -4.98. The predicted octanol–water partition coefficient (Wildman–Crippen LogP) is 1.90. The van der Waals surface area contributed by atoms with Crippen LogP contribution in [0.2, 0.25) is 0 Å². The fraction of sp³-hybridized carbons (Fsp3) is 0.300. The van der Waals surface area contributed by atoms with Crippen molar-refractivity contribution >= 4 is 5.71 Å². The van der Waals surface area contributed by atoms with Gasteiger partial charge in [0.25, 0.3) is 0 Å². The van der Waals surface area contributed by atoms with Crippen molar-refractivity contribution in [2.24, 2.45) is 5.16 Å². The highest BCUT2D eigenvalue weighted by Crippen LogP contribution is 2.41. The number of nitrogens with zero attached hydrogens (tertiary/aromatic N) is 1. The molecule has 0 spiro atoms. The zero-order valence-corrected chi connectivity index (χ0v) is 8.40. The van der Waals surface area contributed by atoms with E-state index in [1.807, 2.05) is 0 Å². The van der Waals surface area contributed by atoms with Crippen LogP contribution in [0.15, 0.2) is 29.4 Å². The Morgan fingerprint density at radius 3 is 2.53 bits per heavy atom. The van der Waals surface area contributed by atoms with Crippen molar-refractivity contribution in [3.8, 4) is 5.75 Å². The number of oxime groups is 1. The Morgan fingerprint density at radius 2 is 1.94 bits per heavy atom. The lowest BCUT2D eigenvalue weighted by Gasteiger charge is -2.35. The van der Waals surface area contributed by atoms with E-state index in [2.05, 4.69) is 9.89 Å². The second-order valence-electron chi connectivity index (χ2n) is 3.60. The van der Waals surface area contributed by atoms with Crippen molar-refractivity contribution in [1.82, 2.24) is 0 Å². The van der Waals surface area contributed by atoms with Gasteiger partial charge in [-0.2, -0.15) is 13.2 Å². The minimum Gasteiger partial charge on any atom is -0.452 e. The normalized spacial score (nSPS) is 26.5. The summed E-state index contributed by atoms with van der Waals surface area (Å²) >= 11 is 0. The molecule has 4 nitrogen and oxygen atoms in total. The highest BCUT2D eigenvalue weighted by atomic mass is 19.4. The molecule has 92 valence electrons. The maximum atomic E-state index is 12.6. The number of benzene rings is 1. The van der Waals surface area contributed by atoms with E-state index in [1.165, 1.54) is 18.2 Å². The van der Waals surface area contributed by atoms with Gasteiger partial charge < -0.3 is 15.1 Å². The number of aliphatic hydroxyl groups is 1. The second-order valence-corrected chi connectivity index (χ2v) is 3.60. The highest BCUT2D eigenvalue weighted by Gasteiger charge is 2.59. The van der Waals surface area contributed by atoms with Crippen LogP contribution in [0.3, 0.4) is 0 Å². The number of fused-ring (bicyclic) bond motifs is 1. The van der Waals surface area contributed by atoms with E-state index in [1.54, 1.807) is 6.07 Å². The van der Waals surface area contributed by atoms with E-state index in [0.717, 1.165) is 0 Å². The van der Waals surface area contributed by atoms with Crippen LogP contribution in [0.5, 0.6) is 5.75 Å². The van der Waals surface area contributed by atoms with Crippen molar-refractivity contribution < 1.29 is 28.2 Å². The third kappa shape index (κ3) is 1.82. The third-order valence-corrected chi connectivity index (χ3v) is 2.45. The maximum absolute atomic E-state index is 12.6. The number of para-hydroxylation sites is 1. The lowest BCUT2D eigenvalue weighted by atomic mass is 9.97. The fourth-order valence-electron chi connectivity index (χ4n) is 1.58. The van der Waals surface area contributed by atoms with Gasteiger partial charge in [-0.05, 0) is 12.1 Å². The molecular formula is C10H8F3NO3. The number of hydrogen-bond acceptors (Lipinski definition) is 4. The predicted molar refractivity (Wildman–Crippen MR) is 51.0 cm³/mol. The average Bonchev–Trinajstić information content (AvgIpc) is 2.26. The Bertz CT molecular complexity index is 472. The summed E-state index contributed by atoms with van der Waals surface area (Å²) in [6, 6.07) is 5.72. The molecule has 2 rings (SSSR count). The molecule has 1 aliphatic rings. The Hall–Kier alpha value is -1.76. The lowest BCUT2D eigenvalue weighted by Crippen LogP contribution is -2.53. The van der Waals surface area contributed by atoms with Gasteiger partial charge in [-0.15, -0.1) is 0 Å². The molecule has 1 aromatic rings. The SMILES string of the molecule is O/N=C1\C[C@@](O)(C(F)(F)F)Oc2ccccc21. The van der Waals surface area contributed by atoms with Crippen LogP contribution in [0, 0.1) is 0 Å². The van der Waals surface area contributed by atoms with Gasteiger partial charge in [0.05, 0.1) is 12.1 Å². The van der Waals surface area contributed by atoms with Crippen LogP contribution in [-0.4, -0.2) is 28.0 Å². The van der Waals surface area contributed by atoms with Gasteiger partial charge >= 0.3 is 12.0 Å². The van der Waals surface area contributed by atoms with Gasteiger partial charge in [-0.1, -0.05) is 17.3 Å². The van der Waals surface area contributed by atoms with E-state index in [-0.39, 0.29) is 17.0 Å². The molecule has 1 aliphatic heterocycles. The van der Waals surface area contributed by atoms with Gasteiger partial charge in [0.2, 0.25) is 0 Å². The summed E-state index contributed by atoms with van der Waals surface area (Å²) in [6.45, 7) is 0. The first kappa shape index (κ1) is 11.7. The molecule has 0 bridgehead atoms. The molecule has 1 heterocycles. The number of hydrogen-bond donors (Lipinski definition) is 2. The summed E-state index contributed by atoms with van der Waals surface area (Å²) in [4.78, 5) is 0. The van der Waals surface area contributed by atoms with Gasteiger partial charge in [-0.3, -0.25) is 0 Å². The number of alkyl halides is 3. The quantitative estimate of drug-likeness (QED) is 0.543. The molecule has 0 radical (unpaired) electrons. The van der Waals surface area contributed by atoms with Gasteiger partial charge in [0.15, 0.2) is 0 Å². The fourth-order valence-corrected chi connectivity index (χ4v) is 1.58. The minimum absolute atomic E-state index is 0.175. The summed E-state index contributed by atoms with van der Waals surface area (Å²) in [7, 11) is 0. The molecule has 0 saturated heterocycles. The summed E-state index contributed by atoms with van der Waals surface area (Å²) in [5, 5.41) is 20.9. The first-order chi connectivity index (χ1) is 7.87. The number of ether oxygens (including phenoxy) is 1. The van der Waals surface area contributed by atoms with E-state index in [9.17, 15) is 18.3 Å². The van der Waals surface area contributed by atoms with Crippen LogP contribution >= 0.6 is 0 Å². The van der Waals surface area contributed by atoms with Crippen molar-refractivity contribution in [3.05, 3.63) is 29.8 Å². The molecule has 0 aliphatic carbocycles. The van der Waals surface area contributed by atoms with Crippen LogP contribution in [-0.2, 0) is 0 Å². The molecular weight excluding hydrogens is 239 g/mol. The Kier molecular flexibility index (Phi) is 2.50. The van der Waals surface area contributed by atoms with Crippen molar-refractivity contribution in [1.29, 1.82) is 0 Å². The number of halogens is 3. The van der Waals surface area contributed by atoms with Crippen LogP contribution in [0.25, 0.3) is 0 Å². The van der Waals surface area contributed by atoms with Gasteiger partial charge in [-0.25, -0.2) is 0 Å². The average molecular weight is 247 g/mol. The van der Waals surface area contributed by atoms with Crippen molar-refractivity contribution in [3.63, 3.8) is 0 Å². The monoisotopic (exact) mass is 247 g/mol. The Labute approximate surface area is 93.9 Å². The highest BCUT2D eigenvalue weighted by molar-refractivity contribution is 6.03. The summed E-state index contributed by atoms with van der Waals surface area (Å²) in [5.74, 6) is -3.53. The molecule has 7 heteroatoms. The summed E-state index contributed by atoms with van der Waals surface area (Å²) < 4.78 is 42.4. The zero-order chi connectivity index (χ0) is 12.7. The standard InChI is InChI=1S/C10H8F3NO3/c11-10(12,13)9(15)5-7(14-16)6-3-1-2-4-8(6)17-9/h1-4,15-16H,5H2/b14-7+/t9-/m0/s1. The summed E-state index contributed by atoms with van der Waals surface area (Å²) in [6.07, 6.45) is -5.93. The molecule has 0 fully saturated rings. The topological polar surface area (TPSA) is 62.1 Å². The molecule has 0 amide bonds. The second kappa shape index (κ2) is 3.63. The van der Waals surface area contributed by atoms with Gasteiger partial charge in [0, 0.05) is 5.56 Å². The smallest absolute Gasteiger partial charge is 0.452 e. The van der Waals surface area contributed by atoms with Crippen LogP contribution in [0.4, 0.5) is 13.2 Å². The van der Waals surface area contributed by atoms with Crippen LogP contribution < -0.4 is 4.74 Å². The van der Waals surface area contributed by atoms with Crippen molar-refractivity contribution in [2.45, 2.75) is 18.4 Å². The van der Waals surface area contributed by atoms with E-state index in [4.69, 9.17) is 5.21 Å². The Balaban J connectivity index is 2.51. The lowest BCUT2D eigenvalue weighted by molar-refractivity contribution is -0.333. The van der Waals surface area contributed by atoms with Crippen LogP contribution in [0.1, 0.15) is 12.0 Å².